The number of methoxy groups -OCH3 is 1. The highest BCUT2D eigenvalue weighted by molar-refractivity contribution is 7.80. The number of esters is 1. The number of hydrazone groups is 1. The Morgan fingerprint density at radius 1 is 1.29 bits per heavy atom. The zero-order valence-corrected chi connectivity index (χ0v) is 14.2. The van der Waals surface area contributed by atoms with Crippen molar-refractivity contribution in [3.05, 3.63) is 58.6 Å². The van der Waals surface area contributed by atoms with E-state index >= 15 is 0 Å². The van der Waals surface area contributed by atoms with Crippen molar-refractivity contribution in [3.63, 3.8) is 0 Å². The molecule has 6 nitrogen and oxygen atoms in total. The molecule has 2 aromatic carbocycles. The van der Waals surface area contributed by atoms with Gasteiger partial charge >= 0.3 is 5.97 Å². The van der Waals surface area contributed by atoms with Crippen LogP contribution in [0.5, 0.6) is 11.5 Å². The number of thiocarbonyl (C=S) groups is 1. The fourth-order valence-electron chi connectivity index (χ4n) is 1.74. The summed E-state index contributed by atoms with van der Waals surface area (Å²) in [5, 5.41) is 4.15. The van der Waals surface area contributed by atoms with Crippen molar-refractivity contribution in [2.75, 3.05) is 7.11 Å². The second-order valence-corrected chi connectivity index (χ2v) is 5.39. The number of benzene rings is 2. The highest BCUT2D eigenvalue weighted by Crippen LogP contribution is 2.26. The first kappa shape index (κ1) is 17.7. The quantitative estimate of drug-likeness (QED) is 0.279. The van der Waals surface area contributed by atoms with Gasteiger partial charge in [0, 0.05) is 0 Å². The minimum atomic E-state index is -0.517. The molecule has 0 saturated carbocycles. The lowest BCUT2D eigenvalue weighted by Gasteiger charge is -2.07. The summed E-state index contributed by atoms with van der Waals surface area (Å²) in [6.07, 6.45) is 1.49. The van der Waals surface area contributed by atoms with Crippen LogP contribution in [0.2, 0.25) is 5.02 Å². The Hall–Kier alpha value is -2.64. The van der Waals surface area contributed by atoms with Gasteiger partial charge in [0.1, 0.15) is 11.5 Å². The van der Waals surface area contributed by atoms with E-state index in [0.29, 0.717) is 16.9 Å². The Bertz CT molecular complexity index is 779. The minimum absolute atomic E-state index is 0.0578. The van der Waals surface area contributed by atoms with Crippen LogP contribution >= 0.6 is 23.8 Å². The van der Waals surface area contributed by atoms with Crippen LogP contribution in [0.25, 0.3) is 0 Å². The highest BCUT2D eigenvalue weighted by atomic mass is 35.5. The summed E-state index contributed by atoms with van der Waals surface area (Å²) in [4.78, 5) is 12.1. The SMILES string of the molecule is COc1ccc(C(=O)Oc2ccc(/C=N/NC(N)=S)cc2Cl)cc1. The molecule has 2 aromatic rings. The van der Waals surface area contributed by atoms with Crippen LogP contribution in [0.1, 0.15) is 15.9 Å². The van der Waals surface area contributed by atoms with E-state index in [1.54, 1.807) is 49.6 Å². The molecule has 3 N–H and O–H groups in total. The average molecular weight is 364 g/mol. The predicted molar refractivity (Wildman–Crippen MR) is 96.9 cm³/mol. The van der Waals surface area contributed by atoms with E-state index in [-0.39, 0.29) is 15.9 Å². The van der Waals surface area contributed by atoms with Gasteiger partial charge in [-0.2, -0.15) is 5.10 Å². The number of carbonyl (C=O) groups excluding carboxylic acids is 1. The maximum atomic E-state index is 12.1. The number of carbonyl (C=O) groups is 1. The summed E-state index contributed by atoms with van der Waals surface area (Å²) < 4.78 is 10.3. The molecule has 0 aliphatic heterocycles. The number of nitrogens with one attached hydrogen (secondary N) is 1. The number of nitrogens with zero attached hydrogens (tertiary/aromatic N) is 1. The Balaban J connectivity index is 2.07. The Morgan fingerprint density at radius 2 is 2.00 bits per heavy atom. The van der Waals surface area contributed by atoms with Crippen molar-refractivity contribution in [1.82, 2.24) is 5.43 Å². The van der Waals surface area contributed by atoms with Gasteiger partial charge in [0.2, 0.25) is 0 Å². The Morgan fingerprint density at radius 3 is 2.58 bits per heavy atom. The molecule has 0 aliphatic rings. The van der Waals surface area contributed by atoms with Crippen molar-refractivity contribution in [2.45, 2.75) is 0 Å². The van der Waals surface area contributed by atoms with Crippen LogP contribution in [0.3, 0.4) is 0 Å². The highest BCUT2D eigenvalue weighted by Gasteiger charge is 2.11. The second-order valence-electron chi connectivity index (χ2n) is 4.54. The molecule has 0 fully saturated rings. The van der Waals surface area contributed by atoms with Crippen molar-refractivity contribution in [1.29, 1.82) is 0 Å². The fraction of sp³-hybridized carbons (Fsp3) is 0.0625. The first-order valence-corrected chi connectivity index (χ1v) is 7.52. The summed E-state index contributed by atoms with van der Waals surface area (Å²) in [6, 6.07) is 11.4. The lowest BCUT2D eigenvalue weighted by molar-refractivity contribution is 0.0735. The fourth-order valence-corrected chi connectivity index (χ4v) is 2.02. The first-order chi connectivity index (χ1) is 11.5. The molecular weight excluding hydrogens is 350 g/mol. The van der Waals surface area contributed by atoms with Crippen LogP contribution in [0.15, 0.2) is 47.6 Å². The molecule has 0 bridgehead atoms. The van der Waals surface area contributed by atoms with E-state index < -0.39 is 5.97 Å². The Kier molecular flexibility index (Phi) is 6.11. The number of halogens is 1. The topological polar surface area (TPSA) is 85.9 Å². The molecule has 0 atom stereocenters. The standard InChI is InChI=1S/C16H14ClN3O3S/c1-22-12-5-3-11(4-6-12)15(21)23-14-7-2-10(8-13(14)17)9-19-20-16(18)24/h2-9H,1H3,(H3,18,20,24)/b19-9+. The molecule has 0 aliphatic carbocycles. The summed E-state index contributed by atoms with van der Waals surface area (Å²) >= 11 is 10.7. The predicted octanol–water partition coefficient (Wildman–Crippen LogP) is 2.73. The zero-order chi connectivity index (χ0) is 17.5. The van der Waals surface area contributed by atoms with Crippen LogP contribution in [0, 0.1) is 0 Å². The van der Waals surface area contributed by atoms with Crippen LogP contribution in [0.4, 0.5) is 0 Å². The number of ether oxygens (including phenoxy) is 2. The molecule has 8 heteroatoms. The lowest BCUT2D eigenvalue weighted by Crippen LogP contribution is -2.23. The molecule has 0 saturated heterocycles. The average Bonchev–Trinajstić information content (AvgIpc) is 2.57. The zero-order valence-electron chi connectivity index (χ0n) is 12.7. The molecule has 0 radical (unpaired) electrons. The van der Waals surface area contributed by atoms with E-state index in [1.807, 2.05) is 0 Å². The maximum absolute atomic E-state index is 12.1. The molecule has 2 rings (SSSR count). The van der Waals surface area contributed by atoms with Gasteiger partial charge in [0.15, 0.2) is 5.11 Å². The molecule has 0 aromatic heterocycles. The monoisotopic (exact) mass is 363 g/mol. The largest absolute Gasteiger partial charge is 0.497 e. The third kappa shape index (κ3) is 4.94. The van der Waals surface area contributed by atoms with E-state index in [4.69, 9.17) is 26.8 Å². The number of hydrogen-bond donors (Lipinski definition) is 2. The Labute approximate surface area is 149 Å². The molecule has 124 valence electrons. The molecular formula is C16H14ClN3O3S. The van der Waals surface area contributed by atoms with E-state index in [1.165, 1.54) is 6.21 Å². The van der Waals surface area contributed by atoms with Gasteiger partial charge in [-0.15, -0.1) is 0 Å². The van der Waals surface area contributed by atoms with Crippen molar-refractivity contribution in [3.8, 4) is 11.5 Å². The lowest BCUT2D eigenvalue weighted by atomic mass is 10.2. The summed E-state index contributed by atoms with van der Waals surface area (Å²) in [5.41, 5.74) is 8.76. The van der Waals surface area contributed by atoms with E-state index in [2.05, 4.69) is 22.7 Å². The molecule has 24 heavy (non-hydrogen) atoms. The van der Waals surface area contributed by atoms with Crippen molar-refractivity contribution in [2.24, 2.45) is 10.8 Å². The maximum Gasteiger partial charge on any atom is 0.343 e. The van der Waals surface area contributed by atoms with Gasteiger partial charge in [-0.25, -0.2) is 4.79 Å². The van der Waals surface area contributed by atoms with Gasteiger partial charge in [0.05, 0.1) is 23.9 Å². The van der Waals surface area contributed by atoms with E-state index in [0.717, 1.165) is 0 Å². The summed E-state index contributed by atoms with van der Waals surface area (Å²) in [6.45, 7) is 0. The molecule has 0 spiro atoms. The minimum Gasteiger partial charge on any atom is -0.497 e. The van der Waals surface area contributed by atoms with Gasteiger partial charge in [-0.1, -0.05) is 11.6 Å². The third-order valence-corrected chi connectivity index (χ3v) is 3.26. The van der Waals surface area contributed by atoms with Gasteiger partial charge in [-0.05, 0) is 60.2 Å². The first-order valence-electron chi connectivity index (χ1n) is 6.74. The van der Waals surface area contributed by atoms with Crippen LogP contribution < -0.4 is 20.6 Å². The number of nitrogens with two attached hydrogens (primary N) is 1. The van der Waals surface area contributed by atoms with E-state index in [9.17, 15) is 4.79 Å². The molecule has 0 unspecified atom stereocenters. The smallest absolute Gasteiger partial charge is 0.343 e. The number of hydrogen-bond acceptors (Lipinski definition) is 5. The molecule has 0 amide bonds. The van der Waals surface area contributed by atoms with Gasteiger partial charge in [-0.3, -0.25) is 5.43 Å². The van der Waals surface area contributed by atoms with Gasteiger partial charge in [0.25, 0.3) is 0 Å². The summed E-state index contributed by atoms with van der Waals surface area (Å²) in [7, 11) is 1.55. The van der Waals surface area contributed by atoms with Crippen molar-refractivity contribution >= 4 is 41.1 Å². The third-order valence-electron chi connectivity index (χ3n) is 2.87. The van der Waals surface area contributed by atoms with Crippen LogP contribution in [-0.2, 0) is 0 Å². The van der Waals surface area contributed by atoms with Crippen LogP contribution in [-0.4, -0.2) is 24.4 Å². The van der Waals surface area contributed by atoms with Crippen molar-refractivity contribution < 1.29 is 14.3 Å². The normalized spacial score (nSPS) is 10.4. The summed E-state index contributed by atoms with van der Waals surface area (Å²) in [5.74, 6) is 0.381. The number of rotatable bonds is 5. The molecule has 0 heterocycles. The second kappa shape index (κ2) is 8.28. The van der Waals surface area contributed by atoms with Gasteiger partial charge < -0.3 is 15.2 Å².